The van der Waals surface area contributed by atoms with E-state index in [9.17, 15) is 5.11 Å². The molecule has 0 radical (unpaired) electrons. The summed E-state index contributed by atoms with van der Waals surface area (Å²) in [5, 5.41) is 10.8. The van der Waals surface area contributed by atoms with E-state index in [2.05, 4.69) is 26.8 Å². The quantitative estimate of drug-likeness (QED) is 0.890. The first kappa shape index (κ1) is 12.9. The standard InChI is InChI=1S/C16H22O3/c1-9-10(2)19-11(3)14(9)15(17)13-6-4-5-12-7-8-18-16(12)13/h4-6,9-11,14-15,17H,7-8H2,1-3H3. The lowest BCUT2D eigenvalue weighted by atomic mass is 9.81. The van der Waals surface area contributed by atoms with Gasteiger partial charge in [-0.25, -0.2) is 0 Å². The zero-order valence-corrected chi connectivity index (χ0v) is 11.8. The van der Waals surface area contributed by atoms with Crippen LogP contribution < -0.4 is 4.74 Å². The predicted octanol–water partition coefficient (Wildman–Crippen LogP) is 2.71. The lowest BCUT2D eigenvalue weighted by Crippen LogP contribution is -2.25. The van der Waals surface area contributed by atoms with Gasteiger partial charge in [0, 0.05) is 17.9 Å². The maximum atomic E-state index is 10.8. The molecule has 104 valence electrons. The predicted molar refractivity (Wildman–Crippen MR) is 73.3 cm³/mol. The maximum Gasteiger partial charge on any atom is 0.128 e. The number of para-hydroxylation sites is 1. The maximum absolute atomic E-state index is 10.8. The fourth-order valence-corrected chi connectivity index (χ4v) is 3.52. The van der Waals surface area contributed by atoms with Gasteiger partial charge in [-0.15, -0.1) is 0 Å². The first-order valence-electron chi connectivity index (χ1n) is 7.17. The van der Waals surface area contributed by atoms with Crippen molar-refractivity contribution in [2.24, 2.45) is 11.8 Å². The molecule has 1 saturated heterocycles. The number of hydrogen-bond acceptors (Lipinski definition) is 3. The highest BCUT2D eigenvalue weighted by Crippen LogP contribution is 2.44. The largest absolute Gasteiger partial charge is 0.493 e. The third-order valence-corrected chi connectivity index (χ3v) is 4.75. The summed E-state index contributed by atoms with van der Waals surface area (Å²) in [6, 6.07) is 6.08. The minimum Gasteiger partial charge on any atom is -0.493 e. The highest BCUT2D eigenvalue weighted by atomic mass is 16.5. The Kier molecular flexibility index (Phi) is 3.27. The lowest BCUT2D eigenvalue weighted by Gasteiger charge is -2.26. The van der Waals surface area contributed by atoms with Crippen LogP contribution in [0.1, 0.15) is 38.0 Å². The summed E-state index contributed by atoms with van der Waals surface area (Å²) >= 11 is 0. The molecule has 1 aromatic carbocycles. The highest BCUT2D eigenvalue weighted by molar-refractivity contribution is 5.45. The van der Waals surface area contributed by atoms with Crippen molar-refractivity contribution in [1.29, 1.82) is 0 Å². The summed E-state index contributed by atoms with van der Waals surface area (Å²) in [6.45, 7) is 7.02. The van der Waals surface area contributed by atoms with Crippen LogP contribution in [-0.4, -0.2) is 23.9 Å². The lowest BCUT2D eigenvalue weighted by molar-refractivity contribution is 0.0224. The van der Waals surface area contributed by atoms with Gasteiger partial charge >= 0.3 is 0 Å². The van der Waals surface area contributed by atoms with Crippen molar-refractivity contribution in [2.45, 2.75) is 45.5 Å². The number of rotatable bonds is 2. The fraction of sp³-hybridized carbons (Fsp3) is 0.625. The molecule has 0 aliphatic carbocycles. The third-order valence-electron chi connectivity index (χ3n) is 4.75. The van der Waals surface area contributed by atoms with Crippen LogP contribution in [0, 0.1) is 11.8 Å². The Bertz CT molecular complexity index is 471. The number of fused-ring (bicyclic) bond motifs is 1. The van der Waals surface area contributed by atoms with Crippen LogP contribution in [0.4, 0.5) is 0 Å². The monoisotopic (exact) mass is 262 g/mol. The van der Waals surface area contributed by atoms with E-state index in [-0.39, 0.29) is 18.1 Å². The molecule has 3 nitrogen and oxygen atoms in total. The summed E-state index contributed by atoms with van der Waals surface area (Å²) in [7, 11) is 0. The minimum atomic E-state index is -0.511. The minimum absolute atomic E-state index is 0.0808. The van der Waals surface area contributed by atoms with E-state index in [0.29, 0.717) is 5.92 Å². The molecule has 1 aromatic rings. The number of hydrogen-bond donors (Lipinski definition) is 1. The van der Waals surface area contributed by atoms with Gasteiger partial charge in [-0.2, -0.15) is 0 Å². The molecule has 0 bridgehead atoms. The molecule has 19 heavy (non-hydrogen) atoms. The van der Waals surface area contributed by atoms with Gasteiger partial charge in [0.05, 0.1) is 24.9 Å². The van der Waals surface area contributed by atoms with Crippen molar-refractivity contribution < 1.29 is 14.6 Å². The van der Waals surface area contributed by atoms with E-state index in [4.69, 9.17) is 9.47 Å². The zero-order valence-electron chi connectivity index (χ0n) is 11.8. The van der Waals surface area contributed by atoms with Crippen molar-refractivity contribution in [1.82, 2.24) is 0 Å². The van der Waals surface area contributed by atoms with Gasteiger partial charge in [0.2, 0.25) is 0 Å². The first-order chi connectivity index (χ1) is 9.09. The summed E-state index contributed by atoms with van der Waals surface area (Å²) in [6.07, 6.45) is 0.714. The van der Waals surface area contributed by atoms with E-state index >= 15 is 0 Å². The fourth-order valence-electron chi connectivity index (χ4n) is 3.52. The second-order valence-corrected chi connectivity index (χ2v) is 5.86. The molecule has 2 aliphatic rings. The molecule has 0 saturated carbocycles. The molecule has 2 heterocycles. The number of aliphatic hydroxyl groups excluding tert-OH is 1. The van der Waals surface area contributed by atoms with Crippen molar-refractivity contribution in [3.05, 3.63) is 29.3 Å². The van der Waals surface area contributed by atoms with Crippen LogP contribution in [0.2, 0.25) is 0 Å². The van der Waals surface area contributed by atoms with Crippen LogP contribution in [0.15, 0.2) is 18.2 Å². The summed E-state index contributed by atoms with van der Waals surface area (Å²) < 4.78 is 11.6. The molecule has 3 rings (SSSR count). The molecule has 3 heteroatoms. The van der Waals surface area contributed by atoms with Crippen molar-refractivity contribution in [3.8, 4) is 5.75 Å². The molecule has 1 fully saturated rings. The number of aliphatic hydroxyl groups is 1. The number of benzene rings is 1. The Morgan fingerprint density at radius 2 is 2.00 bits per heavy atom. The van der Waals surface area contributed by atoms with E-state index in [1.54, 1.807) is 0 Å². The summed E-state index contributed by atoms with van der Waals surface area (Å²) in [5.74, 6) is 1.38. The Hall–Kier alpha value is -1.06. The van der Waals surface area contributed by atoms with Crippen LogP contribution >= 0.6 is 0 Å². The normalized spacial score (nSPS) is 34.9. The van der Waals surface area contributed by atoms with Gasteiger partial charge in [-0.3, -0.25) is 0 Å². The van der Waals surface area contributed by atoms with Gasteiger partial charge in [-0.05, 0) is 25.3 Å². The van der Waals surface area contributed by atoms with E-state index in [0.717, 1.165) is 24.3 Å². The van der Waals surface area contributed by atoms with E-state index in [1.807, 2.05) is 12.1 Å². The van der Waals surface area contributed by atoms with Gasteiger partial charge in [0.25, 0.3) is 0 Å². The van der Waals surface area contributed by atoms with Crippen LogP contribution in [0.25, 0.3) is 0 Å². The van der Waals surface area contributed by atoms with Crippen LogP contribution in [0.5, 0.6) is 5.75 Å². The SMILES string of the molecule is CC1OC(C)C(C(O)c2cccc3c2OCC3)C1C. The average molecular weight is 262 g/mol. The van der Waals surface area contributed by atoms with Crippen molar-refractivity contribution >= 4 is 0 Å². The molecule has 5 atom stereocenters. The van der Waals surface area contributed by atoms with Gasteiger partial charge in [0.15, 0.2) is 0 Å². The van der Waals surface area contributed by atoms with Gasteiger partial charge in [0.1, 0.15) is 5.75 Å². The molecule has 0 aromatic heterocycles. The highest BCUT2D eigenvalue weighted by Gasteiger charge is 2.42. The Morgan fingerprint density at radius 1 is 1.21 bits per heavy atom. The molecule has 0 spiro atoms. The Morgan fingerprint density at radius 3 is 2.68 bits per heavy atom. The van der Waals surface area contributed by atoms with Crippen molar-refractivity contribution in [2.75, 3.05) is 6.61 Å². The molecule has 5 unspecified atom stereocenters. The first-order valence-corrected chi connectivity index (χ1v) is 7.17. The van der Waals surface area contributed by atoms with Crippen LogP contribution in [0.3, 0.4) is 0 Å². The molecule has 1 N–H and O–H groups in total. The molecular weight excluding hydrogens is 240 g/mol. The van der Waals surface area contributed by atoms with E-state index < -0.39 is 6.10 Å². The third kappa shape index (κ3) is 2.05. The summed E-state index contributed by atoms with van der Waals surface area (Å²) in [4.78, 5) is 0. The van der Waals surface area contributed by atoms with Gasteiger partial charge in [-0.1, -0.05) is 25.1 Å². The van der Waals surface area contributed by atoms with Gasteiger partial charge < -0.3 is 14.6 Å². The Labute approximate surface area is 114 Å². The summed E-state index contributed by atoms with van der Waals surface area (Å²) in [5.41, 5.74) is 2.14. The smallest absolute Gasteiger partial charge is 0.128 e. The molecular formula is C16H22O3. The second kappa shape index (κ2) is 4.80. The van der Waals surface area contributed by atoms with Crippen molar-refractivity contribution in [3.63, 3.8) is 0 Å². The van der Waals surface area contributed by atoms with E-state index in [1.165, 1.54) is 5.56 Å². The molecule has 0 amide bonds. The topological polar surface area (TPSA) is 38.7 Å². The number of ether oxygens (including phenoxy) is 2. The van der Waals surface area contributed by atoms with Crippen LogP contribution in [-0.2, 0) is 11.2 Å². The zero-order chi connectivity index (χ0) is 13.6. The molecule has 2 aliphatic heterocycles. The average Bonchev–Trinajstić information content (AvgIpc) is 2.94. The Balaban J connectivity index is 1.92. The second-order valence-electron chi connectivity index (χ2n) is 5.86.